The third kappa shape index (κ3) is 47.5. The molecular formula is C11H27I2NO3. The summed E-state index contributed by atoms with van der Waals surface area (Å²) in [5.74, 6) is 0. The van der Waals surface area contributed by atoms with E-state index < -0.39 is 17.1 Å². The number of hydrogen-bond donors (Lipinski definition) is 1. The van der Waals surface area contributed by atoms with Gasteiger partial charge >= 0.3 is 0 Å². The first-order valence-corrected chi connectivity index (χ1v) is 11.2. The second-order valence-corrected chi connectivity index (χ2v) is 5.22. The van der Waals surface area contributed by atoms with Crippen molar-refractivity contribution >= 4 is 37.2 Å². The van der Waals surface area contributed by atoms with E-state index in [0.717, 1.165) is 0 Å². The fourth-order valence-electron chi connectivity index (χ4n) is 0.316. The molecule has 6 heteroatoms. The summed E-state index contributed by atoms with van der Waals surface area (Å²) < 4.78 is 0. The molecule has 0 rings (SSSR count). The molecule has 17 heavy (non-hydrogen) atoms. The van der Waals surface area contributed by atoms with Crippen molar-refractivity contribution in [2.45, 2.75) is 61.0 Å². The Labute approximate surface area is 129 Å². The van der Waals surface area contributed by atoms with Gasteiger partial charge in [0, 0.05) is 42.2 Å². The van der Waals surface area contributed by atoms with Crippen LogP contribution < -0.4 is 0 Å². The van der Waals surface area contributed by atoms with Crippen LogP contribution in [0.4, 0.5) is 0 Å². The molecule has 0 bridgehead atoms. The maximum atomic E-state index is 9.66. The normalized spacial score (nSPS) is 9.94. The van der Waals surface area contributed by atoms with Crippen LogP contribution in [0.2, 0.25) is 0 Å². The first-order valence-electron chi connectivity index (χ1n) is 4.96. The van der Waals surface area contributed by atoms with Crippen LogP contribution in [0.5, 0.6) is 0 Å². The lowest BCUT2D eigenvalue weighted by molar-refractivity contribution is -0.498. The zero-order valence-electron chi connectivity index (χ0n) is 10.9. The van der Waals surface area contributed by atoms with Crippen LogP contribution in [0.25, 0.3) is 0 Å². The third-order valence-corrected chi connectivity index (χ3v) is 1.58. The largest absolute Gasteiger partial charge is 0.384 e. The van der Waals surface area contributed by atoms with Crippen molar-refractivity contribution in [2.75, 3.05) is 6.54 Å². The molecule has 0 aliphatic heterocycles. The van der Waals surface area contributed by atoms with Gasteiger partial charge in [-0.15, -0.1) is 0 Å². The molecule has 108 valence electrons. The van der Waals surface area contributed by atoms with E-state index in [1.54, 1.807) is 0 Å². The Morgan fingerprint density at radius 2 is 1.41 bits per heavy atom. The highest BCUT2D eigenvalue weighted by Gasteiger charge is 2.19. The van der Waals surface area contributed by atoms with Crippen LogP contribution in [0.15, 0.2) is 0 Å². The number of rotatable bonds is 2. The minimum Gasteiger partial charge on any atom is -0.384 e. The van der Waals surface area contributed by atoms with E-state index >= 15 is 0 Å². The number of halogens is 2. The molecule has 0 aromatic heterocycles. The van der Waals surface area contributed by atoms with Gasteiger partial charge in [0.2, 0.25) is 6.54 Å². The van der Waals surface area contributed by atoms with Gasteiger partial charge in [0.25, 0.3) is 0 Å². The molecule has 0 heterocycles. The number of nitro groups is 1. The van der Waals surface area contributed by atoms with E-state index in [4.69, 9.17) is 5.11 Å². The molecule has 0 saturated heterocycles. The average molecular weight is 475 g/mol. The maximum absolute atomic E-state index is 9.66. The Morgan fingerprint density at radius 3 is 1.41 bits per heavy atom. The predicted molar refractivity (Wildman–Crippen MR) is 92.7 cm³/mol. The fraction of sp³-hybridized carbons (Fsp3) is 1.00. The maximum Gasteiger partial charge on any atom is 0.231 e. The first-order chi connectivity index (χ1) is 6.98. The van der Waals surface area contributed by atoms with Crippen molar-refractivity contribution in [1.29, 1.82) is 0 Å². The zero-order chi connectivity index (χ0) is 14.0. The van der Waals surface area contributed by atoms with Crippen molar-refractivity contribution in [2.24, 2.45) is 5.41 Å². The van der Waals surface area contributed by atoms with Gasteiger partial charge in [-0.2, -0.15) is 0 Å². The first kappa shape index (κ1) is 26.4. The SMILES string of the molecule is C.CC(C)(O)C[N+](=O)[O-].CCC(C)(C)C.II. The van der Waals surface area contributed by atoms with Crippen LogP contribution in [-0.4, -0.2) is 22.2 Å². The quantitative estimate of drug-likeness (QED) is 0.352. The second kappa shape index (κ2) is 13.3. The average Bonchev–Trinajstić information content (AvgIpc) is 2.03. The number of aliphatic hydroxyl groups is 1. The predicted octanol–water partition coefficient (Wildman–Crippen LogP) is 4.88. The van der Waals surface area contributed by atoms with E-state index in [1.165, 1.54) is 20.3 Å². The Morgan fingerprint density at radius 1 is 1.18 bits per heavy atom. The van der Waals surface area contributed by atoms with E-state index in [9.17, 15) is 10.1 Å². The highest BCUT2D eigenvalue weighted by Crippen LogP contribution is 2.16. The summed E-state index contributed by atoms with van der Waals surface area (Å²) in [5, 5.41) is 18.4. The molecule has 0 radical (unpaired) electrons. The lowest BCUT2D eigenvalue weighted by atomic mass is 9.94. The van der Waals surface area contributed by atoms with Gasteiger partial charge < -0.3 is 5.11 Å². The van der Waals surface area contributed by atoms with Crippen LogP contribution in [0.1, 0.15) is 55.4 Å². The van der Waals surface area contributed by atoms with E-state index in [2.05, 4.69) is 64.9 Å². The molecule has 0 atom stereocenters. The van der Waals surface area contributed by atoms with Gasteiger partial charge in [-0.1, -0.05) is 41.5 Å². The molecule has 0 amide bonds. The molecule has 0 saturated carbocycles. The summed E-state index contributed by atoms with van der Waals surface area (Å²) in [6.07, 6.45) is 1.27. The Hall–Kier alpha value is 0.820. The van der Waals surface area contributed by atoms with Crippen molar-refractivity contribution < 1.29 is 10.0 Å². The molecule has 0 spiro atoms. The summed E-state index contributed by atoms with van der Waals surface area (Å²) in [6.45, 7) is 11.3. The van der Waals surface area contributed by atoms with Gasteiger partial charge in [-0.3, -0.25) is 10.1 Å². The summed E-state index contributed by atoms with van der Waals surface area (Å²) >= 11 is 4.24. The Bertz CT molecular complexity index is 175. The van der Waals surface area contributed by atoms with Crippen molar-refractivity contribution in [3.63, 3.8) is 0 Å². The highest BCUT2D eigenvalue weighted by molar-refractivity contribution is 15.0. The van der Waals surface area contributed by atoms with Crippen molar-refractivity contribution in [1.82, 2.24) is 0 Å². The summed E-state index contributed by atoms with van der Waals surface area (Å²) in [4.78, 5) is 9.12. The van der Waals surface area contributed by atoms with Crippen LogP contribution >= 0.6 is 37.2 Å². The van der Waals surface area contributed by atoms with Gasteiger partial charge in [-0.25, -0.2) is 0 Å². The minimum absolute atomic E-state index is 0. The molecular weight excluding hydrogens is 448 g/mol. The minimum atomic E-state index is -1.18. The van der Waals surface area contributed by atoms with Gasteiger partial charge in [0.15, 0.2) is 0 Å². The Kier molecular flexibility index (Phi) is 20.6. The highest BCUT2D eigenvalue weighted by atomic mass is 128. The summed E-state index contributed by atoms with van der Waals surface area (Å²) in [7, 11) is 0. The van der Waals surface area contributed by atoms with Gasteiger partial charge in [0.05, 0.1) is 0 Å². The molecule has 0 aliphatic rings. The molecule has 0 aromatic carbocycles. The second-order valence-electron chi connectivity index (χ2n) is 5.22. The lowest BCUT2D eigenvalue weighted by Gasteiger charge is -2.12. The molecule has 0 aromatic rings. The molecule has 0 fully saturated rings. The lowest BCUT2D eigenvalue weighted by Crippen LogP contribution is -2.29. The number of nitrogens with zero attached hydrogens (tertiary/aromatic N) is 1. The third-order valence-electron chi connectivity index (χ3n) is 1.58. The Balaban J connectivity index is -0.0000000844. The van der Waals surface area contributed by atoms with E-state index in [0.29, 0.717) is 5.41 Å². The van der Waals surface area contributed by atoms with Crippen LogP contribution in [-0.2, 0) is 0 Å². The van der Waals surface area contributed by atoms with Crippen LogP contribution in [0, 0.1) is 15.5 Å². The smallest absolute Gasteiger partial charge is 0.231 e. The standard InChI is InChI=1S/C6H14.C4H9NO3.CH4.I2/c1-5-6(2,3)4;1-4(2,6)3-5(7)8;;1-2/h5H2,1-4H3;6H,3H2,1-2H3;1H4;. The van der Waals surface area contributed by atoms with Crippen LogP contribution in [0.3, 0.4) is 0 Å². The van der Waals surface area contributed by atoms with E-state index in [1.807, 2.05) is 0 Å². The molecule has 0 unspecified atom stereocenters. The summed E-state index contributed by atoms with van der Waals surface area (Å²) in [5.41, 5.74) is -0.635. The van der Waals surface area contributed by atoms with Crippen molar-refractivity contribution in [3.05, 3.63) is 10.1 Å². The molecule has 1 N–H and O–H groups in total. The van der Waals surface area contributed by atoms with Crippen molar-refractivity contribution in [3.8, 4) is 0 Å². The van der Waals surface area contributed by atoms with E-state index in [-0.39, 0.29) is 7.43 Å². The monoisotopic (exact) mass is 475 g/mol. The zero-order valence-corrected chi connectivity index (χ0v) is 15.2. The molecule has 4 nitrogen and oxygen atoms in total. The van der Waals surface area contributed by atoms with Gasteiger partial charge in [0.1, 0.15) is 5.60 Å². The molecule has 0 aliphatic carbocycles. The van der Waals surface area contributed by atoms with Gasteiger partial charge in [-0.05, 0) is 19.3 Å². The number of hydrogen-bond acceptors (Lipinski definition) is 3. The summed E-state index contributed by atoms with van der Waals surface area (Å²) in [6, 6.07) is 0. The topological polar surface area (TPSA) is 63.4 Å². The fourth-order valence-corrected chi connectivity index (χ4v) is 0.316.